The largest absolute Gasteiger partial charge is 0.462 e. The molecule has 0 aliphatic carbocycles. The van der Waals surface area contributed by atoms with Crippen LogP contribution in [0.25, 0.3) is 0 Å². The van der Waals surface area contributed by atoms with Gasteiger partial charge in [-0.2, -0.15) is 0 Å². The average Bonchev–Trinajstić information content (AvgIpc) is 1.61. The molecular formula is C48H108N24O18+6. The number of nitrogens with two attached hydrogens (primary N) is 18. The molecule has 11 unspecified atom stereocenters. The molecule has 0 amide bonds. The zero-order chi connectivity index (χ0) is 69.3. The molecule has 0 rings (SSSR count). The normalized spacial score (nSPS) is 14.7. The van der Waals surface area contributed by atoms with Crippen molar-refractivity contribution >= 4 is 71.6 Å². The van der Waals surface area contributed by atoms with Gasteiger partial charge in [-0.3, -0.25) is 128 Å². The Kier molecular flexibility index (Phi) is 49.6. The third kappa shape index (κ3) is 48.0. The van der Waals surface area contributed by atoms with Crippen LogP contribution in [-0.4, -0.2) is 254 Å². The van der Waals surface area contributed by atoms with Crippen LogP contribution in [-0.2, 0) is 57.2 Å². The van der Waals surface area contributed by atoms with E-state index in [1.807, 2.05) is 0 Å². The summed E-state index contributed by atoms with van der Waals surface area (Å²) in [5, 5.41) is 58.5. The maximum absolute atomic E-state index is 12.2. The molecule has 0 aliphatic heterocycles. The molecule has 0 fully saturated rings. The van der Waals surface area contributed by atoms with Crippen LogP contribution < -0.4 is 133 Å². The van der Waals surface area contributed by atoms with Gasteiger partial charge in [-0.15, -0.1) is 0 Å². The predicted molar refractivity (Wildman–Crippen MR) is 320 cm³/mol. The Balaban J connectivity index is -0.00000126. The second kappa shape index (κ2) is 51.8. The number of carbonyl (C=O) groups is 6. The van der Waals surface area contributed by atoms with Gasteiger partial charge in [-0.25, -0.2) is 0 Å². The Hall–Kier alpha value is -8.04. The Morgan fingerprint density at radius 3 is 0.789 bits per heavy atom. The van der Waals surface area contributed by atoms with Crippen molar-refractivity contribution in [3.8, 4) is 0 Å². The highest BCUT2D eigenvalue weighted by atomic mass is 16.6. The molecule has 0 saturated heterocycles. The molecule has 0 aromatic carbocycles. The average molecular weight is 1310 g/mol. The van der Waals surface area contributed by atoms with Crippen LogP contribution in [0.15, 0.2) is 0 Å². The molecule has 0 saturated carbocycles. The van der Waals surface area contributed by atoms with Crippen LogP contribution in [0.2, 0.25) is 0 Å². The molecule has 0 aromatic rings. The fourth-order valence-electron chi connectivity index (χ4n) is 6.62. The van der Waals surface area contributed by atoms with Crippen LogP contribution in [0, 0.1) is 0 Å². The van der Waals surface area contributed by atoms with Crippen molar-refractivity contribution < 1.29 is 118 Å². The Morgan fingerprint density at radius 2 is 0.544 bits per heavy atom. The van der Waals surface area contributed by atoms with Gasteiger partial charge in [0.1, 0.15) is 87.1 Å². The van der Waals surface area contributed by atoms with Gasteiger partial charge in [0.15, 0.2) is 12.2 Å². The van der Waals surface area contributed by atoms with E-state index in [9.17, 15) is 59.4 Å². The molecule has 11 atom stereocenters. The number of aliphatic hydroxyl groups is 6. The van der Waals surface area contributed by atoms with Crippen molar-refractivity contribution in [2.75, 3.05) is 78.9 Å². The minimum atomic E-state index is -1.63. The first kappa shape index (κ1) is 86.2. The molecule has 0 bridgehead atoms. The lowest BCUT2D eigenvalue weighted by atomic mass is 10.1. The maximum Gasteiger partial charge on any atom is 0.338 e. The van der Waals surface area contributed by atoms with Crippen LogP contribution in [0.5, 0.6) is 0 Å². The second-order valence-corrected chi connectivity index (χ2v) is 19.9. The summed E-state index contributed by atoms with van der Waals surface area (Å²) in [4.78, 5) is 87.5. The molecule has 42 nitrogen and oxygen atoms in total. The van der Waals surface area contributed by atoms with Crippen molar-refractivity contribution in [2.24, 2.45) is 103 Å². The minimum absolute atomic E-state index is 0.0279. The van der Waals surface area contributed by atoms with E-state index in [-0.39, 0.29) is 68.2 Å². The SMILES string of the molecule is NC(N)=[NH+]CCCC(N)C(=O)OCC(O)C(CO)OC(=O)C(N)CCC[NH+]=C(N)N.NC(N)=[NH+]CCCC(N)C(=O)OCC(O)C(OC(=O)C(N)CCC[NH+]=C(N)N)C(O)CO.NC(N)=[NH+]CCCC(N)C(=O)OCC(O)COC(=O)C(N)CCC[NH+]=C(N)N. The van der Waals surface area contributed by atoms with Crippen molar-refractivity contribution in [1.29, 1.82) is 0 Å². The smallest absolute Gasteiger partial charge is 0.338 e. The van der Waals surface area contributed by atoms with Crippen molar-refractivity contribution in [3.05, 3.63) is 0 Å². The molecular weight excluding hydrogens is 1200 g/mol. The van der Waals surface area contributed by atoms with E-state index in [4.69, 9.17) is 132 Å². The summed E-state index contributed by atoms with van der Waals surface area (Å²) < 4.78 is 29.7. The van der Waals surface area contributed by atoms with Crippen molar-refractivity contribution in [3.63, 3.8) is 0 Å². The summed E-state index contributed by atoms with van der Waals surface area (Å²) in [7, 11) is 0. The zero-order valence-corrected chi connectivity index (χ0v) is 50.9. The summed E-state index contributed by atoms with van der Waals surface area (Å²) in [5.74, 6) is -4.27. The first-order valence-electron chi connectivity index (χ1n) is 28.5. The van der Waals surface area contributed by atoms with E-state index in [2.05, 4.69) is 30.0 Å². The summed E-state index contributed by atoms with van der Waals surface area (Å²) in [6.07, 6.45) is -4.08. The highest BCUT2D eigenvalue weighted by Crippen LogP contribution is 2.11. The Morgan fingerprint density at radius 1 is 0.311 bits per heavy atom. The van der Waals surface area contributed by atoms with Crippen LogP contribution in [0.3, 0.4) is 0 Å². The predicted octanol–water partition coefficient (Wildman–Crippen LogP) is -24.8. The maximum atomic E-state index is 12.2. The molecule has 522 valence electrons. The fraction of sp³-hybridized carbons (Fsp3) is 0.750. The Bertz CT molecular complexity index is 2170. The third-order valence-corrected chi connectivity index (χ3v) is 11.6. The number of rotatable bonds is 45. The number of esters is 6. The van der Waals surface area contributed by atoms with Gasteiger partial charge in [0.05, 0.1) is 52.5 Å². The number of hydrogen-bond acceptors (Lipinski definition) is 24. The molecule has 0 aromatic heterocycles. The van der Waals surface area contributed by atoms with E-state index in [0.717, 1.165) is 0 Å². The van der Waals surface area contributed by atoms with Gasteiger partial charge in [0.25, 0.3) is 0 Å². The van der Waals surface area contributed by atoms with E-state index >= 15 is 0 Å². The van der Waals surface area contributed by atoms with Gasteiger partial charge in [0, 0.05) is 0 Å². The molecule has 90 heavy (non-hydrogen) atoms. The van der Waals surface area contributed by atoms with Gasteiger partial charge in [-0.05, 0) is 77.0 Å². The lowest BCUT2D eigenvalue weighted by Gasteiger charge is -2.27. The monoisotopic (exact) mass is 1310 g/mol. The standard InChI is InChI=1S/C17H36N8O7.C16H34N8O6.C15H32N8O5/c18-9(3-1-5-24-16(20)21)14(29)31-8-12(28)13(11(27)7-26)32-15(30)10(19)4-2-6-25-17(22)23;17-9(3-1-5-23-15(19)20)13(27)29-8-11(26)12(7-25)30-14(28)10(18)4-2-6-24-16(21)22;16-10(3-1-5-22-14(18)19)12(25)27-7-9(24)8-28-13(26)11(17)4-2-6-23-15(20)21/h9-13,26-28H,1-8,18-19H2,(H4,20,21,24)(H4,22,23,25);9-12,25-26H,1-8,17-18H2,(H4,19,20,23)(H4,21,22,24);9-11,24H,1-8,16-17H2,(H4,18,19,22)(H4,20,21,23)/p+6. The van der Waals surface area contributed by atoms with Gasteiger partial charge >= 0.3 is 71.6 Å². The molecule has 42 heteroatoms. The Labute approximate surface area is 520 Å². The summed E-state index contributed by atoms with van der Waals surface area (Å²) >= 11 is 0. The van der Waals surface area contributed by atoms with Gasteiger partial charge in [-0.1, -0.05) is 0 Å². The topological polar surface area (TPSA) is 831 Å². The lowest BCUT2D eigenvalue weighted by Crippen LogP contribution is -2.78. The number of nitrogens with one attached hydrogen (secondary N) is 6. The zero-order valence-electron chi connectivity index (χ0n) is 50.9. The minimum Gasteiger partial charge on any atom is -0.462 e. The number of guanidine groups is 6. The summed E-state index contributed by atoms with van der Waals surface area (Å²) in [6.45, 7) is -0.800. The van der Waals surface area contributed by atoms with E-state index in [0.29, 0.717) is 97.1 Å². The number of aliphatic hydroxyl groups excluding tert-OH is 6. The molecule has 0 heterocycles. The van der Waals surface area contributed by atoms with Crippen molar-refractivity contribution in [2.45, 2.75) is 150 Å². The van der Waals surface area contributed by atoms with E-state index in [1.54, 1.807) is 0 Å². The molecule has 0 aliphatic rings. The quantitative estimate of drug-likeness (QED) is 0.00885. The molecule has 0 radical (unpaired) electrons. The fourth-order valence-corrected chi connectivity index (χ4v) is 6.62. The summed E-state index contributed by atoms with van der Waals surface area (Å²) in [5.41, 5.74) is 97.1. The van der Waals surface area contributed by atoms with Crippen LogP contribution >= 0.6 is 0 Å². The van der Waals surface area contributed by atoms with Crippen LogP contribution in [0.4, 0.5) is 0 Å². The van der Waals surface area contributed by atoms with Crippen molar-refractivity contribution in [1.82, 2.24) is 0 Å². The number of ether oxygens (including phenoxy) is 6. The second-order valence-electron chi connectivity index (χ2n) is 19.9. The highest BCUT2D eigenvalue weighted by molar-refractivity contribution is 5.78. The first-order valence-corrected chi connectivity index (χ1v) is 28.5. The number of carbonyl (C=O) groups excluding carboxylic acids is 6. The van der Waals surface area contributed by atoms with Gasteiger partial charge < -0.3 is 93.5 Å². The lowest BCUT2D eigenvalue weighted by molar-refractivity contribution is -0.460. The number of hydrogen-bond donors (Lipinski definition) is 30. The highest BCUT2D eigenvalue weighted by Gasteiger charge is 2.34. The molecule has 0 spiro atoms. The molecule has 48 N–H and O–H groups in total. The first-order chi connectivity index (χ1) is 42.2. The summed E-state index contributed by atoms with van der Waals surface area (Å²) in [6, 6.07) is -5.64. The van der Waals surface area contributed by atoms with E-state index in [1.165, 1.54) is 0 Å². The van der Waals surface area contributed by atoms with Gasteiger partial charge in [0.2, 0.25) is 0 Å². The van der Waals surface area contributed by atoms with E-state index < -0.39 is 135 Å². The van der Waals surface area contributed by atoms with Crippen LogP contribution in [0.1, 0.15) is 77.0 Å². The third-order valence-electron chi connectivity index (χ3n) is 11.6.